The molecular weight excluding hydrogens is 326 g/mol. The summed E-state index contributed by atoms with van der Waals surface area (Å²) in [6.45, 7) is 6.18. The lowest BCUT2D eigenvalue weighted by atomic mass is 10.2. The van der Waals surface area contributed by atoms with Crippen molar-refractivity contribution in [2.75, 3.05) is 18.8 Å². The molecule has 108 valence electrons. The number of halogens is 1. The van der Waals surface area contributed by atoms with E-state index in [4.69, 9.17) is 0 Å². The maximum absolute atomic E-state index is 12.0. The third-order valence-electron chi connectivity index (χ3n) is 2.74. The van der Waals surface area contributed by atoms with E-state index in [9.17, 15) is 8.42 Å². The van der Waals surface area contributed by atoms with Crippen molar-refractivity contribution >= 4 is 25.8 Å². The average Bonchev–Trinajstić information content (AvgIpc) is 2.34. The number of hydrogen-bond donors (Lipinski definition) is 1. The van der Waals surface area contributed by atoms with Gasteiger partial charge in [0.05, 0.1) is 10.6 Å². The molecule has 3 nitrogen and oxygen atoms in total. The molecule has 0 fully saturated rings. The molecule has 0 atom stereocenters. The first-order valence-corrected chi connectivity index (χ1v) is 9.05. The molecule has 0 amide bonds. The van der Waals surface area contributed by atoms with Crippen LogP contribution in [0.4, 0.5) is 0 Å². The van der Waals surface area contributed by atoms with Gasteiger partial charge in [0.1, 0.15) is 0 Å². The fourth-order valence-corrected chi connectivity index (χ4v) is 3.33. The van der Waals surface area contributed by atoms with Crippen molar-refractivity contribution in [2.45, 2.75) is 31.6 Å². The molecule has 1 aromatic carbocycles. The van der Waals surface area contributed by atoms with Gasteiger partial charge >= 0.3 is 0 Å². The summed E-state index contributed by atoms with van der Waals surface area (Å²) in [6, 6.07) is 6.82. The molecule has 0 aliphatic rings. The van der Waals surface area contributed by atoms with Crippen molar-refractivity contribution in [3.05, 3.63) is 28.7 Å². The van der Waals surface area contributed by atoms with Gasteiger partial charge in [0.15, 0.2) is 9.84 Å². The summed E-state index contributed by atoms with van der Waals surface area (Å²) in [6.07, 6.45) is 1.59. The predicted octanol–water partition coefficient (Wildman–Crippen LogP) is 3.25. The molecule has 0 saturated heterocycles. The van der Waals surface area contributed by atoms with Crippen molar-refractivity contribution < 1.29 is 8.42 Å². The van der Waals surface area contributed by atoms with Gasteiger partial charge in [-0.2, -0.15) is 0 Å². The molecule has 1 aromatic rings. The number of rotatable bonds is 8. The molecule has 0 aliphatic carbocycles. The Morgan fingerprint density at radius 3 is 2.37 bits per heavy atom. The van der Waals surface area contributed by atoms with Crippen LogP contribution in [0.2, 0.25) is 0 Å². The molecule has 0 spiro atoms. The van der Waals surface area contributed by atoms with Crippen molar-refractivity contribution in [1.29, 1.82) is 0 Å². The first-order chi connectivity index (χ1) is 8.92. The normalized spacial score (nSPS) is 12.0. The first-order valence-electron chi connectivity index (χ1n) is 6.61. The number of sulfone groups is 1. The largest absolute Gasteiger partial charge is 0.316 e. The standard InChI is InChI=1S/C14H22BrNO2S/c1-12(2)11-16-9-3-4-10-19(17,18)14-7-5-13(15)6-8-14/h5-8,12,16H,3-4,9-11H2,1-2H3. The van der Waals surface area contributed by atoms with Gasteiger partial charge in [0.2, 0.25) is 0 Å². The summed E-state index contributed by atoms with van der Waals surface area (Å²) < 4.78 is 25.0. The van der Waals surface area contributed by atoms with Crippen LogP contribution in [0.1, 0.15) is 26.7 Å². The van der Waals surface area contributed by atoms with Crippen LogP contribution in [0.3, 0.4) is 0 Å². The van der Waals surface area contributed by atoms with E-state index in [0.29, 0.717) is 17.2 Å². The Kier molecular flexibility index (Phi) is 7.04. The maximum atomic E-state index is 12.0. The van der Waals surface area contributed by atoms with Gasteiger partial charge in [0.25, 0.3) is 0 Å². The van der Waals surface area contributed by atoms with Crippen LogP contribution >= 0.6 is 15.9 Å². The van der Waals surface area contributed by atoms with Crippen molar-refractivity contribution in [3.8, 4) is 0 Å². The third kappa shape index (κ3) is 6.54. The molecule has 5 heteroatoms. The van der Waals surface area contributed by atoms with Crippen LogP contribution < -0.4 is 5.32 Å². The predicted molar refractivity (Wildman–Crippen MR) is 83.1 cm³/mol. The van der Waals surface area contributed by atoms with E-state index < -0.39 is 9.84 Å². The first kappa shape index (κ1) is 16.7. The highest BCUT2D eigenvalue weighted by Gasteiger charge is 2.13. The van der Waals surface area contributed by atoms with E-state index in [0.717, 1.165) is 24.0 Å². The summed E-state index contributed by atoms with van der Waals surface area (Å²) in [5, 5.41) is 3.32. The Balaban J connectivity index is 2.33. The molecular formula is C14H22BrNO2S. The second-order valence-corrected chi connectivity index (χ2v) is 8.10. The fraction of sp³-hybridized carbons (Fsp3) is 0.571. The molecule has 0 saturated carbocycles. The van der Waals surface area contributed by atoms with E-state index in [2.05, 4.69) is 35.1 Å². The zero-order chi connectivity index (χ0) is 14.3. The minimum atomic E-state index is -3.13. The van der Waals surface area contributed by atoms with Gasteiger partial charge in [0, 0.05) is 4.47 Å². The van der Waals surface area contributed by atoms with E-state index in [1.165, 1.54) is 0 Å². The van der Waals surface area contributed by atoms with Gasteiger partial charge in [-0.15, -0.1) is 0 Å². The summed E-state index contributed by atoms with van der Waals surface area (Å²) in [4.78, 5) is 0.408. The SMILES string of the molecule is CC(C)CNCCCCS(=O)(=O)c1ccc(Br)cc1. The molecule has 1 N–H and O–H groups in total. The van der Waals surface area contributed by atoms with Gasteiger partial charge in [-0.05, 0) is 56.1 Å². The Morgan fingerprint density at radius 2 is 1.79 bits per heavy atom. The molecule has 0 aliphatic heterocycles. The Hall–Kier alpha value is -0.390. The summed E-state index contributed by atoms with van der Waals surface area (Å²) >= 11 is 3.30. The maximum Gasteiger partial charge on any atom is 0.178 e. The number of nitrogens with one attached hydrogen (secondary N) is 1. The lowest BCUT2D eigenvalue weighted by molar-refractivity contribution is 0.538. The lowest BCUT2D eigenvalue weighted by Crippen LogP contribution is -2.21. The van der Waals surface area contributed by atoms with Gasteiger partial charge < -0.3 is 5.32 Å². The topological polar surface area (TPSA) is 46.2 Å². The number of hydrogen-bond acceptors (Lipinski definition) is 3. The lowest BCUT2D eigenvalue weighted by Gasteiger charge is -2.07. The minimum absolute atomic E-state index is 0.220. The van der Waals surface area contributed by atoms with Gasteiger partial charge in [-0.1, -0.05) is 29.8 Å². The van der Waals surface area contributed by atoms with Crippen LogP contribution in [0.25, 0.3) is 0 Å². The second-order valence-electron chi connectivity index (χ2n) is 5.08. The van der Waals surface area contributed by atoms with E-state index in [-0.39, 0.29) is 5.75 Å². The van der Waals surface area contributed by atoms with Crippen molar-refractivity contribution in [3.63, 3.8) is 0 Å². The van der Waals surface area contributed by atoms with Crippen LogP contribution in [-0.2, 0) is 9.84 Å². The van der Waals surface area contributed by atoms with Crippen LogP contribution in [0.15, 0.2) is 33.6 Å². The monoisotopic (exact) mass is 347 g/mol. The van der Waals surface area contributed by atoms with E-state index in [1.807, 2.05) is 0 Å². The van der Waals surface area contributed by atoms with E-state index >= 15 is 0 Å². The van der Waals surface area contributed by atoms with Crippen LogP contribution in [-0.4, -0.2) is 27.3 Å². The molecule has 0 aromatic heterocycles. The smallest absolute Gasteiger partial charge is 0.178 e. The molecule has 0 heterocycles. The highest BCUT2D eigenvalue weighted by atomic mass is 79.9. The van der Waals surface area contributed by atoms with Crippen LogP contribution in [0.5, 0.6) is 0 Å². The molecule has 0 unspecified atom stereocenters. The molecule has 0 radical (unpaired) electrons. The number of benzene rings is 1. The summed E-state index contributed by atoms with van der Waals surface area (Å²) in [7, 11) is -3.13. The fourth-order valence-electron chi connectivity index (χ4n) is 1.69. The Labute approximate surface area is 124 Å². The van der Waals surface area contributed by atoms with Gasteiger partial charge in [-0.25, -0.2) is 8.42 Å². The quantitative estimate of drug-likeness (QED) is 0.734. The van der Waals surface area contributed by atoms with Crippen LogP contribution in [0, 0.1) is 5.92 Å². The molecule has 0 bridgehead atoms. The molecule has 19 heavy (non-hydrogen) atoms. The minimum Gasteiger partial charge on any atom is -0.316 e. The van der Waals surface area contributed by atoms with Crippen molar-refractivity contribution in [2.24, 2.45) is 5.92 Å². The van der Waals surface area contributed by atoms with Gasteiger partial charge in [-0.3, -0.25) is 0 Å². The highest BCUT2D eigenvalue weighted by molar-refractivity contribution is 9.10. The van der Waals surface area contributed by atoms with Crippen molar-refractivity contribution in [1.82, 2.24) is 5.32 Å². The van der Waals surface area contributed by atoms with E-state index in [1.54, 1.807) is 24.3 Å². The zero-order valence-corrected chi connectivity index (χ0v) is 13.9. The zero-order valence-electron chi connectivity index (χ0n) is 11.5. The third-order valence-corrected chi connectivity index (χ3v) is 5.09. The summed E-state index contributed by atoms with van der Waals surface area (Å²) in [5.41, 5.74) is 0. The highest BCUT2D eigenvalue weighted by Crippen LogP contribution is 2.16. The Morgan fingerprint density at radius 1 is 1.16 bits per heavy atom. The second kappa shape index (κ2) is 8.02. The summed E-state index contributed by atoms with van der Waals surface area (Å²) in [5.74, 6) is 0.851. The Bertz CT molecular complexity index is 469. The molecule has 1 rings (SSSR count). The number of unbranched alkanes of at least 4 members (excludes halogenated alkanes) is 1. The average molecular weight is 348 g/mol.